The molecule has 2 fully saturated rings. The average Bonchev–Trinajstić information content (AvgIpc) is 2.85. The zero-order chi connectivity index (χ0) is 22.9. The van der Waals surface area contributed by atoms with Crippen molar-refractivity contribution in [2.45, 2.75) is 19.1 Å². The van der Waals surface area contributed by atoms with Crippen molar-refractivity contribution >= 4 is 6.03 Å². The lowest BCUT2D eigenvalue weighted by Crippen LogP contribution is -2.45. The van der Waals surface area contributed by atoms with E-state index in [9.17, 15) is 9.18 Å². The Morgan fingerprint density at radius 1 is 0.909 bits per heavy atom. The van der Waals surface area contributed by atoms with Crippen LogP contribution in [0.5, 0.6) is 0 Å². The fourth-order valence-corrected chi connectivity index (χ4v) is 4.37. The van der Waals surface area contributed by atoms with Gasteiger partial charge in [-0.1, -0.05) is 36.4 Å². The number of benzene rings is 2. The van der Waals surface area contributed by atoms with E-state index in [0.717, 1.165) is 57.1 Å². The average molecular weight is 457 g/mol. The number of nitrogens with zero attached hydrogens (tertiary/aromatic N) is 2. The molecule has 33 heavy (non-hydrogen) atoms. The minimum Gasteiger partial charge on any atom is -0.379 e. The molecular weight excluding hydrogens is 423 g/mol. The highest BCUT2D eigenvalue weighted by atomic mass is 19.1. The number of ether oxygens (including phenoxy) is 2. The summed E-state index contributed by atoms with van der Waals surface area (Å²) in [6.45, 7) is 7.84. The Labute approximate surface area is 194 Å². The van der Waals surface area contributed by atoms with Crippen LogP contribution in [0, 0.1) is 5.82 Å². The van der Waals surface area contributed by atoms with Gasteiger partial charge in [0.25, 0.3) is 0 Å². The minimum absolute atomic E-state index is 0.107. The molecule has 8 heteroatoms. The van der Waals surface area contributed by atoms with Crippen LogP contribution in [0.15, 0.2) is 48.5 Å². The number of hydrogen-bond donors (Lipinski definition) is 2. The molecule has 1 unspecified atom stereocenters. The van der Waals surface area contributed by atoms with Gasteiger partial charge < -0.3 is 20.1 Å². The second kappa shape index (κ2) is 12.1. The molecule has 0 radical (unpaired) electrons. The van der Waals surface area contributed by atoms with Gasteiger partial charge in [-0.05, 0) is 28.8 Å². The zero-order valence-corrected chi connectivity index (χ0v) is 19.0. The minimum atomic E-state index is -0.271. The second-order valence-electron chi connectivity index (χ2n) is 8.44. The van der Waals surface area contributed by atoms with E-state index in [2.05, 4.69) is 32.6 Å². The van der Waals surface area contributed by atoms with Gasteiger partial charge in [0, 0.05) is 45.8 Å². The Bertz CT molecular complexity index is 901. The number of amides is 2. The molecule has 0 spiro atoms. The summed E-state index contributed by atoms with van der Waals surface area (Å²) in [4.78, 5) is 17.2. The van der Waals surface area contributed by atoms with Crippen LogP contribution in [0.3, 0.4) is 0 Å². The fourth-order valence-electron chi connectivity index (χ4n) is 4.37. The van der Waals surface area contributed by atoms with Crippen LogP contribution >= 0.6 is 0 Å². The van der Waals surface area contributed by atoms with Crippen molar-refractivity contribution < 1.29 is 18.7 Å². The van der Waals surface area contributed by atoms with Gasteiger partial charge in [0.05, 0.1) is 32.5 Å². The van der Waals surface area contributed by atoms with E-state index in [1.807, 2.05) is 18.2 Å². The normalized spacial score (nSPS) is 18.6. The van der Waals surface area contributed by atoms with Crippen molar-refractivity contribution in [1.82, 2.24) is 20.4 Å². The topological polar surface area (TPSA) is 66.1 Å². The van der Waals surface area contributed by atoms with Crippen molar-refractivity contribution in [3.8, 4) is 0 Å². The molecule has 2 N–H and O–H groups in total. The first-order chi connectivity index (χ1) is 16.2. The maximum atomic E-state index is 13.9. The molecule has 7 nitrogen and oxygen atoms in total. The Hall–Kier alpha value is -2.52. The molecule has 178 valence electrons. The molecule has 2 amide bonds. The Balaban J connectivity index is 1.33. The Morgan fingerprint density at radius 3 is 2.33 bits per heavy atom. The molecule has 2 aromatic carbocycles. The molecule has 1 atom stereocenters. The summed E-state index contributed by atoms with van der Waals surface area (Å²) in [5, 5.41) is 5.97. The number of morpholine rings is 2. The lowest BCUT2D eigenvalue weighted by Gasteiger charge is -2.35. The van der Waals surface area contributed by atoms with Crippen molar-refractivity contribution in [3.05, 3.63) is 71.0 Å². The third-order valence-electron chi connectivity index (χ3n) is 6.23. The van der Waals surface area contributed by atoms with Gasteiger partial charge >= 0.3 is 6.03 Å². The number of nitrogens with one attached hydrogen (secondary N) is 2. The van der Waals surface area contributed by atoms with Crippen LogP contribution in [0.2, 0.25) is 0 Å². The van der Waals surface area contributed by atoms with E-state index < -0.39 is 0 Å². The van der Waals surface area contributed by atoms with Gasteiger partial charge in [0.1, 0.15) is 5.82 Å². The van der Waals surface area contributed by atoms with Crippen molar-refractivity contribution in [3.63, 3.8) is 0 Å². The van der Waals surface area contributed by atoms with E-state index in [0.29, 0.717) is 26.3 Å². The largest absolute Gasteiger partial charge is 0.379 e. The fraction of sp³-hybridized carbons (Fsp3) is 0.480. The van der Waals surface area contributed by atoms with Gasteiger partial charge in [0.2, 0.25) is 0 Å². The van der Waals surface area contributed by atoms with E-state index in [1.54, 1.807) is 12.1 Å². The number of carbonyl (C=O) groups is 1. The van der Waals surface area contributed by atoms with Gasteiger partial charge in [-0.2, -0.15) is 0 Å². The molecular formula is C25H33FN4O3. The maximum absolute atomic E-state index is 13.9. The third-order valence-corrected chi connectivity index (χ3v) is 6.23. The SMILES string of the molecule is O=C(NCc1ccccc1CN1CCOCC1)NCC(c1cccc(F)c1)N1CCOCC1. The predicted octanol–water partition coefficient (Wildman–Crippen LogP) is 2.53. The summed E-state index contributed by atoms with van der Waals surface area (Å²) in [6.07, 6.45) is 0. The second-order valence-corrected chi connectivity index (χ2v) is 8.44. The standard InChI is InChI=1S/C25H33FN4O3/c26-23-7-3-6-20(16-23)24(30-10-14-33-15-11-30)18-28-25(31)27-17-21-4-1-2-5-22(21)19-29-8-12-32-13-9-29/h1-7,16,24H,8-15,17-19H2,(H2,27,28,31). The number of carbonyl (C=O) groups excluding carboxylic acids is 1. The van der Waals surface area contributed by atoms with Gasteiger partial charge in [-0.25, -0.2) is 9.18 Å². The van der Waals surface area contributed by atoms with Crippen molar-refractivity contribution in [2.24, 2.45) is 0 Å². The van der Waals surface area contributed by atoms with Crippen LogP contribution in [0.1, 0.15) is 22.7 Å². The zero-order valence-electron chi connectivity index (χ0n) is 19.0. The van der Waals surface area contributed by atoms with Gasteiger partial charge in [0.15, 0.2) is 0 Å². The Kier molecular flexibility index (Phi) is 8.65. The molecule has 2 saturated heterocycles. The third kappa shape index (κ3) is 6.98. The molecule has 2 aliphatic rings. The lowest BCUT2D eigenvalue weighted by atomic mass is 10.0. The van der Waals surface area contributed by atoms with Gasteiger partial charge in [-0.3, -0.25) is 9.80 Å². The quantitative estimate of drug-likeness (QED) is 0.639. The first-order valence-electron chi connectivity index (χ1n) is 11.6. The molecule has 2 aromatic rings. The molecule has 2 aliphatic heterocycles. The number of urea groups is 1. The van der Waals surface area contributed by atoms with E-state index in [4.69, 9.17) is 9.47 Å². The predicted molar refractivity (Wildman–Crippen MR) is 124 cm³/mol. The smallest absolute Gasteiger partial charge is 0.315 e. The monoisotopic (exact) mass is 456 g/mol. The maximum Gasteiger partial charge on any atom is 0.315 e. The molecule has 2 heterocycles. The molecule has 0 aliphatic carbocycles. The number of halogens is 1. The highest BCUT2D eigenvalue weighted by Crippen LogP contribution is 2.22. The van der Waals surface area contributed by atoms with E-state index >= 15 is 0 Å². The van der Waals surface area contributed by atoms with Gasteiger partial charge in [-0.15, -0.1) is 0 Å². The van der Waals surface area contributed by atoms with Crippen LogP contribution in [-0.2, 0) is 22.6 Å². The first kappa shape index (κ1) is 23.6. The van der Waals surface area contributed by atoms with Crippen molar-refractivity contribution in [1.29, 1.82) is 0 Å². The number of hydrogen-bond acceptors (Lipinski definition) is 5. The number of rotatable bonds is 8. The van der Waals surface area contributed by atoms with E-state index in [-0.39, 0.29) is 17.9 Å². The van der Waals surface area contributed by atoms with Crippen LogP contribution < -0.4 is 10.6 Å². The lowest BCUT2D eigenvalue weighted by molar-refractivity contribution is 0.0166. The molecule has 0 aromatic heterocycles. The summed E-state index contributed by atoms with van der Waals surface area (Å²) in [5.41, 5.74) is 3.17. The molecule has 0 bridgehead atoms. The summed E-state index contributed by atoms with van der Waals surface area (Å²) < 4.78 is 24.8. The highest BCUT2D eigenvalue weighted by Gasteiger charge is 2.23. The Morgan fingerprint density at radius 2 is 1.61 bits per heavy atom. The summed E-state index contributed by atoms with van der Waals surface area (Å²) >= 11 is 0. The van der Waals surface area contributed by atoms with Crippen LogP contribution in [0.25, 0.3) is 0 Å². The molecule has 0 saturated carbocycles. The summed E-state index contributed by atoms with van der Waals surface area (Å²) in [5.74, 6) is -0.271. The first-order valence-corrected chi connectivity index (χ1v) is 11.6. The molecule has 4 rings (SSSR count). The highest BCUT2D eigenvalue weighted by molar-refractivity contribution is 5.73. The van der Waals surface area contributed by atoms with Crippen LogP contribution in [0.4, 0.5) is 9.18 Å². The van der Waals surface area contributed by atoms with E-state index in [1.165, 1.54) is 11.6 Å². The van der Waals surface area contributed by atoms with Crippen LogP contribution in [-0.4, -0.2) is 75.0 Å². The summed E-state index contributed by atoms with van der Waals surface area (Å²) in [7, 11) is 0. The summed E-state index contributed by atoms with van der Waals surface area (Å²) in [6, 6.07) is 14.5. The van der Waals surface area contributed by atoms with Crippen molar-refractivity contribution in [2.75, 3.05) is 59.2 Å².